The van der Waals surface area contributed by atoms with E-state index in [1.54, 1.807) is 43.6 Å². The summed E-state index contributed by atoms with van der Waals surface area (Å²) in [5, 5.41) is 22.8. The minimum Gasteiger partial charge on any atom is -0.504 e. The summed E-state index contributed by atoms with van der Waals surface area (Å²) in [4.78, 5) is 21.1. The lowest BCUT2D eigenvalue weighted by Crippen LogP contribution is -2.07. The number of aryl methyl sites for hydroxylation is 1. The number of allylic oxidation sites excluding steroid dienone is 1. The van der Waals surface area contributed by atoms with E-state index in [0.29, 0.717) is 35.9 Å². The maximum absolute atomic E-state index is 12.6. The molecule has 0 amide bonds. The fourth-order valence-electron chi connectivity index (χ4n) is 3.44. The Kier molecular flexibility index (Phi) is 6.93. The van der Waals surface area contributed by atoms with Gasteiger partial charge in [-0.3, -0.25) is 0 Å². The highest BCUT2D eigenvalue weighted by Crippen LogP contribution is 2.40. The van der Waals surface area contributed by atoms with Crippen molar-refractivity contribution in [2.24, 2.45) is 4.99 Å². The minimum atomic E-state index is -0.709. The third-order valence-electron chi connectivity index (χ3n) is 5.12. The van der Waals surface area contributed by atoms with Crippen LogP contribution in [0.1, 0.15) is 40.6 Å². The fraction of sp³-hybridized carbons (Fsp3) is 0.240. The monoisotopic (exact) mass is 463 g/mol. The number of carbonyl (C=O) groups excluding carboxylic acids is 1. The van der Waals surface area contributed by atoms with Crippen molar-refractivity contribution in [3.63, 3.8) is 0 Å². The van der Waals surface area contributed by atoms with Gasteiger partial charge >= 0.3 is 5.97 Å². The highest BCUT2D eigenvalue weighted by atomic mass is 16.5. The van der Waals surface area contributed by atoms with Crippen LogP contribution in [0.15, 0.2) is 45.9 Å². The topological polar surface area (TPSA) is 126 Å². The van der Waals surface area contributed by atoms with Crippen LogP contribution in [0.5, 0.6) is 11.5 Å². The van der Waals surface area contributed by atoms with Gasteiger partial charge in [-0.25, -0.2) is 14.8 Å². The quantitative estimate of drug-likeness (QED) is 0.310. The molecular weight excluding hydrogens is 438 g/mol. The smallest absolute Gasteiger partial charge is 0.347 e. The number of hydrogen-bond acceptors (Lipinski definition) is 9. The number of carbonyl (C=O) groups is 1. The molecule has 3 N–H and O–H groups in total. The van der Waals surface area contributed by atoms with E-state index in [1.165, 1.54) is 0 Å². The second-order valence-corrected chi connectivity index (χ2v) is 7.50. The minimum absolute atomic E-state index is 0.0567. The van der Waals surface area contributed by atoms with Gasteiger partial charge in [-0.1, -0.05) is 0 Å². The zero-order valence-electron chi connectivity index (χ0n) is 18.9. The van der Waals surface area contributed by atoms with Crippen LogP contribution in [0.25, 0.3) is 11.6 Å². The predicted molar refractivity (Wildman–Crippen MR) is 128 cm³/mol. The number of anilines is 2. The van der Waals surface area contributed by atoms with Crippen LogP contribution in [0, 0.1) is 6.92 Å². The summed E-state index contributed by atoms with van der Waals surface area (Å²) < 4.78 is 16.6. The standard InChI is InChI=1S/C25H25N3O6/c1-3-32-25(31)21-22(30)20(13-16-14-27-23-18(16)6-4-9-26-23)34-24(21)28-19-8-7-17(12-15(19)2)33-11-5-10-29/h4,6-9,12-14,28-30H,3,5,10-11H2,1-2H3. The number of aliphatic hydroxyl groups excluding tert-OH is 1. The predicted octanol–water partition coefficient (Wildman–Crippen LogP) is 4.63. The third-order valence-corrected chi connectivity index (χ3v) is 5.12. The van der Waals surface area contributed by atoms with Gasteiger partial charge in [-0.05, 0) is 55.8 Å². The molecule has 0 unspecified atom stereocenters. The zero-order valence-corrected chi connectivity index (χ0v) is 18.9. The average Bonchev–Trinajstić information content (AvgIpc) is 3.37. The van der Waals surface area contributed by atoms with E-state index < -0.39 is 5.97 Å². The number of nitrogens with one attached hydrogen (secondary N) is 1. The first-order valence-corrected chi connectivity index (χ1v) is 10.9. The average molecular weight is 463 g/mol. The number of aromatic nitrogens is 1. The van der Waals surface area contributed by atoms with E-state index in [2.05, 4.69) is 15.3 Å². The summed E-state index contributed by atoms with van der Waals surface area (Å²) in [6, 6.07) is 9.03. The van der Waals surface area contributed by atoms with Gasteiger partial charge in [0.1, 0.15) is 5.75 Å². The largest absolute Gasteiger partial charge is 0.504 e. The number of rotatable bonds is 9. The first-order valence-electron chi connectivity index (χ1n) is 10.9. The number of fused-ring (bicyclic) bond motifs is 1. The van der Waals surface area contributed by atoms with Crippen LogP contribution in [0.4, 0.5) is 17.4 Å². The van der Waals surface area contributed by atoms with Crippen molar-refractivity contribution >= 4 is 41.2 Å². The van der Waals surface area contributed by atoms with Crippen molar-refractivity contribution < 1.29 is 28.9 Å². The van der Waals surface area contributed by atoms with Crippen molar-refractivity contribution in [3.05, 3.63) is 59.0 Å². The molecule has 1 aliphatic heterocycles. The molecule has 3 aromatic rings. The van der Waals surface area contributed by atoms with Gasteiger partial charge in [0.25, 0.3) is 0 Å². The summed E-state index contributed by atoms with van der Waals surface area (Å²) in [6.07, 6.45) is 5.41. The van der Waals surface area contributed by atoms with E-state index in [1.807, 2.05) is 19.1 Å². The number of ether oxygens (including phenoxy) is 2. The highest BCUT2D eigenvalue weighted by molar-refractivity contribution is 6.21. The number of nitrogens with zero attached hydrogens (tertiary/aromatic N) is 2. The molecule has 0 saturated heterocycles. The summed E-state index contributed by atoms with van der Waals surface area (Å²) >= 11 is 0. The van der Waals surface area contributed by atoms with Crippen molar-refractivity contribution in [3.8, 4) is 11.5 Å². The number of pyridine rings is 1. The molecule has 0 bridgehead atoms. The molecule has 0 radical (unpaired) electrons. The SMILES string of the molecule is CCOC(=O)c1c(Nc2ccc(OCCCO)cc2C)oc(C=C2C=Nc3ncccc32)c1O. The first-order chi connectivity index (χ1) is 16.5. The Labute approximate surface area is 196 Å². The fourth-order valence-corrected chi connectivity index (χ4v) is 3.44. The van der Waals surface area contributed by atoms with Crippen LogP contribution in [0.3, 0.4) is 0 Å². The van der Waals surface area contributed by atoms with E-state index in [-0.39, 0.29) is 36.2 Å². The molecule has 9 nitrogen and oxygen atoms in total. The van der Waals surface area contributed by atoms with Crippen molar-refractivity contribution in [2.45, 2.75) is 20.3 Å². The Bertz CT molecular complexity index is 1260. The molecule has 176 valence electrons. The zero-order chi connectivity index (χ0) is 24.1. The van der Waals surface area contributed by atoms with E-state index >= 15 is 0 Å². The maximum Gasteiger partial charge on any atom is 0.347 e. The molecule has 9 heteroatoms. The summed E-state index contributed by atoms with van der Waals surface area (Å²) in [6.45, 7) is 4.16. The first kappa shape index (κ1) is 23.1. The third kappa shape index (κ3) is 4.79. The summed E-state index contributed by atoms with van der Waals surface area (Å²) in [5.74, 6) is 0.329. The number of hydrogen-bond donors (Lipinski definition) is 3. The molecule has 3 heterocycles. The van der Waals surface area contributed by atoms with Gasteiger partial charge in [0.15, 0.2) is 22.9 Å². The molecule has 4 rings (SSSR count). The molecule has 0 atom stereocenters. The van der Waals surface area contributed by atoms with Gasteiger partial charge in [-0.2, -0.15) is 0 Å². The second-order valence-electron chi connectivity index (χ2n) is 7.50. The van der Waals surface area contributed by atoms with E-state index in [9.17, 15) is 9.90 Å². The van der Waals surface area contributed by atoms with Crippen LogP contribution >= 0.6 is 0 Å². The molecule has 2 aromatic heterocycles. The molecule has 1 aromatic carbocycles. The van der Waals surface area contributed by atoms with Gasteiger partial charge in [0, 0.05) is 42.3 Å². The van der Waals surface area contributed by atoms with Crippen molar-refractivity contribution in [2.75, 3.05) is 25.1 Å². The van der Waals surface area contributed by atoms with Gasteiger partial charge in [0.05, 0.1) is 13.2 Å². The lowest BCUT2D eigenvalue weighted by molar-refractivity contribution is 0.0524. The Morgan fingerprint density at radius 1 is 1.29 bits per heavy atom. The summed E-state index contributed by atoms with van der Waals surface area (Å²) in [5.41, 5.74) is 2.87. The number of benzene rings is 1. The Morgan fingerprint density at radius 3 is 2.91 bits per heavy atom. The second kappa shape index (κ2) is 10.2. The molecule has 1 aliphatic rings. The van der Waals surface area contributed by atoms with Gasteiger partial charge in [-0.15, -0.1) is 0 Å². The number of esters is 1. The van der Waals surface area contributed by atoms with E-state index in [0.717, 1.165) is 11.1 Å². The number of aromatic hydroxyl groups is 1. The normalized spacial score (nSPS) is 13.2. The highest BCUT2D eigenvalue weighted by Gasteiger charge is 2.27. The maximum atomic E-state index is 12.6. The van der Waals surface area contributed by atoms with Crippen LogP contribution in [0.2, 0.25) is 0 Å². The Hall–Kier alpha value is -4.11. The number of furan rings is 1. The van der Waals surface area contributed by atoms with Crippen molar-refractivity contribution in [1.29, 1.82) is 0 Å². The van der Waals surface area contributed by atoms with Crippen LogP contribution in [-0.2, 0) is 4.74 Å². The van der Waals surface area contributed by atoms with Crippen LogP contribution in [-0.4, -0.2) is 47.2 Å². The summed E-state index contributed by atoms with van der Waals surface area (Å²) in [7, 11) is 0. The van der Waals surface area contributed by atoms with Crippen LogP contribution < -0.4 is 10.1 Å². The lowest BCUT2D eigenvalue weighted by Gasteiger charge is -2.11. The number of aliphatic imine (C=N–C) groups is 1. The van der Waals surface area contributed by atoms with Gasteiger partial charge < -0.3 is 29.4 Å². The Morgan fingerprint density at radius 2 is 2.15 bits per heavy atom. The molecule has 0 fully saturated rings. The lowest BCUT2D eigenvalue weighted by atomic mass is 10.1. The molecule has 34 heavy (non-hydrogen) atoms. The van der Waals surface area contributed by atoms with Crippen molar-refractivity contribution in [1.82, 2.24) is 4.98 Å². The van der Waals surface area contributed by atoms with Gasteiger partial charge in [0.2, 0.25) is 5.88 Å². The number of aliphatic hydroxyl groups is 1. The Balaban J connectivity index is 1.67. The molecule has 0 spiro atoms. The molecule has 0 saturated carbocycles. The van der Waals surface area contributed by atoms with E-state index in [4.69, 9.17) is 19.0 Å². The molecular formula is C25H25N3O6. The molecule has 0 aliphatic carbocycles.